The second-order valence-corrected chi connectivity index (χ2v) is 11.6. The van der Waals surface area contributed by atoms with Crippen LogP contribution in [0.2, 0.25) is 0 Å². The average molecular weight is 572 g/mol. The van der Waals surface area contributed by atoms with Gasteiger partial charge in [-0.05, 0) is 54.6 Å². The molecular formula is C35H37N7O. The topological polar surface area (TPSA) is 103 Å². The van der Waals surface area contributed by atoms with E-state index in [9.17, 15) is 4.79 Å². The minimum absolute atomic E-state index is 0.0499. The molecule has 4 heterocycles. The van der Waals surface area contributed by atoms with E-state index in [1.807, 2.05) is 12.1 Å². The lowest BCUT2D eigenvalue weighted by Gasteiger charge is -2.26. The van der Waals surface area contributed by atoms with Crippen molar-refractivity contribution in [1.29, 1.82) is 0 Å². The van der Waals surface area contributed by atoms with Gasteiger partial charge in [-0.1, -0.05) is 66.7 Å². The Hall–Kier alpha value is -4.69. The number of carbonyl (C=O) groups excluding carboxylic acids is 1. The number of hydrogen-bond acceptors (Lipinski definition) is 4. The van der Waals surface area contributed by atoms with E-state index in [0.29, 0.717) is 19.5 Å². The zero-order valence-corrected chi connectivity index (χ0v) is 24.2. The van der Waals surface area contributed by atoms with E-state index in [2.05, 4.69) is 104 Å². The first-order chi connectivity index (χ1) is 21.2. The van der Waals surface area contributed by atoms with E-state index in [4.69, 9.17) is 10.2 Å². The Balaban J connectivity index is 1.24. The highest BCUT2D eigenvalue weighted by molar-refractivity contribution is 5.84. The summed E-state index contributed by atoms with van der Waals surface area (Å²) >= 11 is 0. The maximum absolute atomic E-state index is 13.6. The number of amides is 1. The first kappa shape index (κ1) is 27.2. The summed E-state index contributed by atoms with van der Waals surface area (Å²) in [6.07, 6.45) is 8.25. The molecule has 0 spiro atoms. The van der Waals surface area contributed by atoms with Crippen molar-refractivity contribution in [3.63, 3.8) is 0 Å². The third-order valence-electron chi connectivity index (χ3n) is 8.73. The molecule has 8 heteroatoms. The number of fused-ring (bicyclic) bond motifs is 2. The summed E-state index contributed by atoms with van der Waals surface area (Å²) in [5, 5.41) is 18.8. The van der Waals surface area contributed by atoms with Gasteiger partial charge in [0.15, 0.2) is 5.82 Å². The number of aromatic nitrogens is 5. The lowest BCUT2D eigenvalue weighted by Crippen LogP contribution is -2.42. The molecule has 6 aromatic rings. The molecule has 7 rings (SSSR count). The fraction of sp³-hybridized carbons (Fsp3) is 0.286. The second-order valence-electron chi connectivity index (χ2n) is 11.6. The molecular weight excluding hydrogens is 534 g/mol. The van der Waals surface area contributed by atoms with Crippen LogP contribution < -0.4 is 10.6 Å². The minimum Gasteiger partial charge on any atom is -0.361 e. The quantitative estimate of drug-likeness (QED) is 0.175. The first-order valence-electron chi connectivity index (χ1n) is 15.3. The Kier molecular flexibility index (Phi) is 7.75. The Morgan fingerprint density at radius 3 is 2.30 bits per heavy atom. The van der Waals surface area contributed by atoms with Gasteiger partial charge in [-0.25, -0.2) is 0 Å². The van der Waals surface area contributed by atoms with Gasteiger partial charge in [0.25, 0.3) is 0 Å². The highest BCUT2D eigenvalue weighted by Crippen LogP contribution is 2.27. The minimum atomic E-state index is -0.327. The van der Waals surface area contributed by atoms with Crippen LogP contribution in [0.4, 0.5) is 0 Å². The van der Waals surface area contributed by atoms with Crippen molar-refractivity contribution in [2.24, 2.45) is 5.92 Å². The third-order valence-corrected chi connectivity index (χ3v) is 8.73. The van der Waals surface area contributed by atoms with E-state index >= 15 is 0 Å². The van der Waals surface area contributed by atoms with Gasteiger partial charge in [-0.2, -0.15) is 0 Å². The molecule has 3 aromatic heterocycles. The Bertz CT molecular complexity index is 1830. The van der Waals surface area contributed by atoms with Gasteiger partial charge in [-0.15, -0.1) is 10.2 Å². The lowest BCUT2D eigenvalue weighted by atomic mass is 9.97. The molecule has 3 aromatic carbocycles. The van der Waals surface area contributed by atoms with Crippen LogP contribution in [-0.2, 0) is 30.6 Å². The van der Waals surface area contributed by atoms with Crippen molar-refractivity contribution in [2.75, 3.05) is 13.1 Å². The number of aromatic amines is 2. The molecule has 1 fully saturated rings. The number of piperidine rings is 1. The number of nitrogens with zero attached hydrogens (tertiary/aromatic N) is 3. The SMILES string of the molecule is O=C(N[C@H](Cc1c[nH]c2ccccc12)c1nnc(CCc2c[nH]c3ccccc23)n1Cc1ccccc1)[C@H]1CCCNC1. The fourth-order valence-electron chi connectivity index (χ4n) is 6.41. The Labute approximate surface area is 250 Å². The van der Waals surface area contributed by atoms with Crippen LogP contribution in [0.25, 0.3) is 21.8 Å². The highest BCUT2D eigenvalue weighted by Gasteiger charge is 2.28. The molecule has 1 saturated heterocycles. The fourth-order valence-corrected chi connectivity index (χ4v) is 6.41. The summed E-state index contributed by atoms with van der Waals surface area (Å²) in [4.78, 5) is 20.4. The number of nitrogens with one attached hydrogen (secondary N) is 4. The van der Waals surface area contributed by atoms with E-state index in [1.165, 1.54) is 16.5 Å². The predicted molar refractivity (Wildman–Crippen MR) is 170 cm³/mol. The molecule has 8 nitrogen and oxygen atoms in total. The van der Waals surface area contributed by atoms with Gasteiger partial charge >= 0.3 is 0 Å². The van der Waals surface area contributed by atoms with E-state index in [0.717, 1.165) is 65.9 Å². The molecule has 0 radical (unpaired) electrons. The van der Waals surface area contributed by atoms with Gasteiger partial charge in [0, 0.05) is 53.6 Å². The van der Waals surface area contributed by atoms with Crippen molar-refractivity contribution in [2.45, 2.75) is 44.7 Å². The van der Waals surface area contributed by atoms with Crippen LogP contribution in [0.5, 0.6) is 0 Å². The molecule has 218 valence electrons. The van der Waals surface area contributed by atoms with E-state index in [1.54, 1.807) is 0 Å². The van der Waals surface area contributed by atoms with Gasteiger partial charge in [0.2, 0.25) is 5.91 Å². The lowest BCUT2D eigenvalue weighted by molar-refractivity contribution is -0.126. The second kappa shape index (κ2) is 12.3. The summed E-state index contributed by atoms with van der Waals surface area (Å²) in [6, 6.07) is 26.8. The maximum Gasteiger partial charge on any atom is 0.224 e. The summed E-state index contributed by atoms with van der Waals surface area (Å²) < 4.78 is 2.23. The van der Waals surface area contributed by atoms with Crippen LogP contribution in [0.3, 0.4) is 0 Å². The van der Waals surface area contributed by atoms with Crippen LogP contribution in [-0.4, -0.2) is 43.7 Å². The van der Waals surface area contributed by atoms with Crippen LogP contribution in [0, 0.1) is 5.92 Å². The van der Waals surface area contributed by atoms with Crippen molar-refractivity contribution in [1.82, 2.24) is 35.4 Å². The van der Waals surface area contributed by atoms with Crippen molar-refractivity contribution >= 4 is 27.7 Å². The molecule has 1 amide bonds. The molecule has 0 saturated carbocycles. The van der Waals surface area contributed by atoms with Gasteiger partial charge in [0.1, 0.15) is 5.82 Å². The van der Waals surface area contributed by atoms with Gasteiger partial charge in [-0.3, -0.25) is 4.79 Å². The number of carbonyl (C=O) groups is 1. The number of rotatable bonds is 10. The van der Waals surface area contributed by atoms with E-state index in [-0.39, 0.29) is 17.9 Å². The summed E-state index contributed by atoms with van der Waals surface area (Å²) in [6.45, 7) is 2.31. The van der Waals surface area contributed by atoms with Gasteiger partial charge < -0.3 is 25.2 Å². The highest BCUT2D eigenvalue weighted by atomic mass is 16.2. The molecule has 0 unspecified atom stereocenters. The average Bonchev–Trinajstić information content (AvgIpc) is 3.78. The van der Waals surface area contributed by atoms with Crippen LogP contribution in [0.15, 0.2) is 91.3 Å². The number of para-hydroxylation sites is 2. The summed E-state index contributed by atoms with van der Waals surface area (Å²) in [7, 11) is 0. The number of hydrogen-bond donors (Lipinski definition) is 4. The predicted octanol–water partition coefficient (Wildman–Crippen LogP) is 5.47. The summed E-state index contributed by atoms with van der Waals surface area (Å²) in [5.74, 6) is 1.74. The number of benzene rings is 3. The van der Waals surface area contributed by atoms with Crippen LogP contribution >= 0.6 is 0 Å². The Morgan fingerprint density at radius 1 is 0.860 bits per heavy atom. The normalized spacial score (nSPS) is 16.0. The standard InChI is InChI=1S/C35H37N7O/c43-35(26-11-8-18-36-20-26)39-32(19-27-22-38-31-15-7-5-13-29(27)31)34-41-40-33(42(34)23-24-9-2-1-3-10-24)17-16-25-21-37-30-14-6-4-12-28(25)30/h1-7,9-10,12-15,21-22,26,32,36-38H,8,11,16-20,23H2,(H,39,43)/t26-,32+/m0/s1. The van der Waals surface area contributed by atoms with Gasteiger partial charge in [0.05, 0.1) is 18.5 Å². The van der Waals surface area contributed by atoms with Crippen molar-refractivity contribution < 1.29 is 4.79 Å². The maximum atomic E-state index is 13.6. The molecule has 0 bridgehead atoms. The largest absolute Gasteiger partial charge is 0.361 e. The number of aryl methyl sites for hydroxylation is 2. The first-order valence-corrected chi connectivity index (χ1v) is 15.3. The summed E-state index contributed by atoms with van der Waals surface area (Å²) in [5.41, 5.74) is 5.81. The molecule has 2 atom stereocenters. The molecule has 43 heavy (non-hydrogen) atoms. The molecule has 1 aliphatic rings. The Morgan fingerprint density at radius 2 is 1.56 bits per heavy atom. The van der Waals surface area contributed by atoms with Crippen LogP contribution in [0.1, 0.15) is 47.2 Å². The smallest absolute Gasteiger partial charge is 0.224 e. The zero-order chi connectivity index (χ0) is 29.0. The third kappa shape index (κ3) is 5.83. The monoisotopic (exact) mass is 571 g/mol. The van der Waals surface area contributed by atoms with Crippen molar-refractivity contribution in [3.05, 3.63) is 120 Å². The molecule has 4 N–H and O–H groups in total. The van der Waals surface area contributed by atoms with Crippen molar-refractivity contribution in [3.8, 4) is 0 Å². The zero-order valence-electron chi connectivity index (χ0n) is 24.2. The number of H-pyrrole nitrogens is 2. The van der Waals surface area contributed by atoms with E-state index < -0.39 is 0 Å². The molecule has 1 aliphatic heterocycles. The molecule has 0 aliphatic carbocycles.